The zero-order valence-corrected chi connectivity index (χ0v) is 17.0. The van der Waals surface area contributed by atoms with Gasteiger partial charge in [0.05, 0.1) is 27.2 Å². The number of halogens is 1. The second-order valence-electron chi connectivity index (χ2n) is 6.30. The summed E-state index contributed by atoms with van der Waals surface area (Å²) < 4.78 is 16.1. The normalized spacial score (nSPS) is 17.5. The van der Waals surface area contributed by atoms with Crippen molar-refractivity contribution in [1.29, 1.82) is 0 Å². The summed E-state index contributed by atoms with van der Waals surface area (Å²) in [6.45, 7) is 2.38. The maximum Gasteiger partial charge on any atom is 0.326 e. The molecule has 1 N–H and O–H groups in total. The molecule has 0 bridgehead atoms. The van der Waals surface area contributed by atoms with E-state index < -0.39 is 17.9 Å². The fourth-order valence-electron chi connectivity index (χ4n) is 3.51. The van der Waals surface area contributed by atoms with E-state index in [1.807, 2.05) is 6.92 Å². The van der Waals surface area contributed by atoms with Crippen LogP contribution >= 0.6 is 12.4 Å². The lowest BCUT2D eigenvalue weighted by molar-refractivity contribution is -0.152. The van der Waals surface area contributed by atoms with Crippen molar-refractivity contribution >= 4 is 24.3 Å². The number of carboxylic acids is 1. The molecule has 1 heterocycles. The molecule has 1 amide bonds. The quantitative estimate of drug-likeness (QED) is 0.755. The van der Waals surface area contributed by atoms with Crippen LogP contribution in [0.25, 0.3) is 0 Å². The molecular weight excluding hydrogens is 374 g/mol. The van der Waals surface area contributed by atoms with Gasteiger partial charge in [-0.3, -0.25) is 4.79 Å². The van der Waals surface area contributed by atoms with E-state index in [1.165, 1.54) is 26.2 Å². The summed E-state index contributed by atoms with van der Waals surface area (Å²) in [4.78, 5) is 26.2. The van der Waals surface area contributed by atoms with Gasteiger partial charge in [0, 0.05) is 6.54 Å². The minimum absolute atomic E-state index is 0. The van der Waals surface area contributed by atoms with E-state index in [-0.39, 0.29) is 18.3 Å². The van der Waals surface area contributed by atoms with Crippen LogP contribution in [0.2, 0.25) is 0 Å². The highest BCUT2D eigenvalue weighted by molar-refractivity contribution is 5.88. The summed E-state index contributed by atoms with van der Waals surface area (Å²) in [5, 5.41) is 9.46. The van der Waals surface area contributed by atoms with E-state index >= 15 is 0 Å². The Bertz CT molecular complexity index is 641. The topological polar surface area (TPSA) is 85.3 Å². The second kappa shape index (κ2) is 10.3. The molecule has 1 saturated heterocycles. The van der Waals surface area contributed by atoms with Crippen LogP contribution in [-0.2, 0) is 9.59 Å². The lowest BCUT2D eigenvalue weighted by Gasteiger charge is -2.35. The molecule has 7 nitrogen and oxygen atoms in total. The molecule has 1 aliphatic heterocycles. The Kier molecular flexibility index (Phi) is 8.69. The Morgan fingerprint density at radius 2 is 1.74 bits per heavy atom. The Hall–Kier alpha value is -2.15. The van der Waals surface area contributed by atoms with Gasteiger partial charge in [-0.05, 0) is 43.4 Å². The monoisotopic (exact) mass is 401 g/mol. The first-order chi connectivity index (χ1) is 12.5. The van der Waals surface area contributed by atoms with Gasteiger partial charge >= 0.3 is 5.97 Å². The van der Waals surface area contributed by atoms with Crippen molar-refractivity contribution in [2.75, 3.05) is 27.9 Å². The van der Waals surface area contributed by atoms with E-state index in [9.17, 15) is 14.7 Å². The van der Waals surface area contributed by atoms with Gasteiger partial charge in [0.25, 0.3) is 0 Å². The van der Waals surface area contributed by atoms with Crippen molar-refractivity contribution in [1.82, 2.24) is 4.90 Å². The molecule has 0 aliphatic carbocycles. The van der Waals surface area contributed by atoms with E-state index in [0.717, 1.165) is 18.4 Å². The third kappa shape index (κ3) is 4.77. The number of nitrogens with zero attached hydrogens (tertiary/aromatic N) is 1. The number of rotatable bonds is 7. The minimum atomic E-state index is -0.946. The molecule has 152 valence electrons. The third-order valence-corrected chi connectivity index (χ3v) is 4.87. The van der Waals surface area contributed by atoms with Crippen LogP contribution in [0.4, 0.5) is 0 Å². The summed E-state index contributed by atoms with van der Waals surface area (Å²) in [6, 6.07) is 2.76. The van der Waals surface area contributed by atoms with Gasteiger partial charge in [0.2, 0.25) is 11.7 Å². The molecule has 27 heavy (non-hydrogen) atoms. The first-order valence-electron chi connectivity index (χ1n) is 8.81. The highest BCUT2D eigenvalue weighted by Crippen LogP contribution is 2.41. The van der Waals surface area contributed by atoms with Gasteiger partial charge in [0.15, 0.2) is 11.5 Å². The van der Waals surface area contributed by atoms with Crippen molar-refractivity contribution in [3.8, 4) is 17.2 Å². The number of aliphatic carboxylic acids is 1. The molecule has 2 rings (SSSR count). The van der Waals surface area contributed by atoms with Crippen LogP contribution in [0.1, 0.15) is 44.1 Å². The van der Waals surface area contributed by atoms with Gasteiger partial charge in [-0.2, -0.15) is 0 Å². The molecule has 1 aromatic carbocycles. The highest BCUT2D eigenvalue weighted by atomic mass is 35.5. The van der Waals surface area contributed by atoms with Crippen LogP contribution in [0.5, 0.6) is 17.2 Å². The van der Waals surface area contributed by atoms with Crippen molar-refractivity contribution in [3.05, 3.63) is 17.7 Å². The fourth-order valence-corrected chi connectivity index (χ4v) is 3.51. The van der Waals surface area contributed by atoms with Gasteiger partial charge in [0.1, 0.15) is 6.04 Å². The number of carboxylic acid groups (broad SMARTS) is 1. The van der Waals surface area contributed by atoms with Crippen LogP contribution in [-0.4, -0.2) is 55.8 Å². The van der Waals surface area contributed by atoms with E-state index in [1.54, 1.807) is 12.1 Å². The number of likely N-dealkylation sites (tertiary alicyclic amines) is 1. The van der Waals surface area contributed by atoms with Crippen LogP contribution in [0.15, 0.2) is 12.1 Å². The number of hydrogen-bond donors (Lipinski definition) is 1. The molecule has 1 aromatic rings. The van der Waals surface area contributed by atoms with Crippen molar-refractivity contribution in [2.24, 2.45) is 0 Å². The predicted octanol–water partition coefficient (Wildman–Crippen LogP) is 3.09. The zero-order chi connectivity index (χ0) is 19.3. The Balaban J connectivity index is 0.00000364. The number of benzene rings is 1. The molecular formula is C19H28ClNO6. The summed E-state index contributed by atoms with van der Waals surface area (Å²) >= 11 is 0. The van der Waals surface area contributed by atoms with Gasteiger partial charge in [-0.25, -0.2) is 4.79 Å². The summed E-state index contributed by atoms with van der Waals surface area (Å²) in [5.41, 5.74) is 0.724. The number of ether oxygens (including phenoxy) is 3. The standard InChI is InChI=1S/C19H27NO6.ClH/c1-5-13(18(21)20-9-7-6-8-14(20)19(22)23)12-10-15(24-2)17(26-4)16(11-12)25-3;/h10-11,13-14H,5-9H2,1-4H3,(H,22,23);1H/t13-,14?;/m0./s1. The number of amides is 1. The molecule has 8 heteroatoms. The molecule has 1 unspecified atom stereocenters. The van der Waals surface area contributed by atoms with Crippen LogP contribution in [0, 0.1) is 0 Å². The maximum absolute atomic E-state index is 13.1. The first kappa shape index (κ1) is 22.9. The largest absolute Gasteiger partial charge is 0.493 e. The van der Waals surface area contributed by atoms with Gasteiger partial charge < -0.3 is 24.2 Å². The molecule has 0 radical (unpaired) electrons. The van der Waals surface area contributed by atoms with Gasteiger partial charge in [-0.1, -0.05) is 6.92 Å². The molecule has 2 atom stereocenters. The van der Waals surface area contributed by atoms with Crippen LogP contribution < -0.4 is 14.2 Å². The van der Waals surface area contributed by atoms with Crippen molar-refractivity contribution < 1.29 is 28.9 Å². The Labute approximate surface area is 166 Å². The highest BCUT2D eigenvalue weighted by Gasteiger charge is 2.36. The van der Waals surface area contributed by atoms with E-state index in [2.05, 4.69) is 0 Å². The first-order valence-corrected chi connectivity index (χ1v) is 8.81. The molecule has 0 spiro atoms. The number of carbonyl (C=O) groups excluding carboxylic acids is 1. The predicted molar refractivity (Wildman–Crippen MR) is 103 cm³/mol. The molecule has 1 fully saturated rings. The lowest BCUT2D eigenvalue weighted by atomic mass is 9.91. The average Bonchev–Trinajstić information content (AvgIpc) is 2.67. The lowest BCUT2D eigenvalue weighted by Crippen LogP contribution is -2.49. The summed E-state index contributed by atoms with van der Waals surface area (Å²) in [5.74, 6) is -0.180. The fraction of sp³-hybridized carbons (Fsp3) is 0.579. The third-order valence-electron chi connectivity index (χ3n) is 4.87. The van der Waals surface area contributed by atoms with Crippen molar-refractivity contribution in [3.63, 3.8) is 0 Å². The minimum Gasteiger partial charge on any atom is -0.493 e. The second-order valence-corrected chi connectivity index (χ2v) is 6.30. The zero-order valence-electron chi connectivity index (χ0n) is 16.2. The van der Waals surface area contributed by atoms with Crippen molar-refractivity contribution in [2.45, 2.75) is 44.6 Å². The molecule has 1 aliphatic rings. The SMILES string of the molecule is CC[C@H](C(=O)N1CCCCC1C(=O)O)c1cc(OC)c(OC)c(OC)c1.Cl. The number of piperidine rings is 1. The molecule has 0 aromatic heterocycles. The maximum atomic E-state index is 13.1. The smallest absolute Gasteiger partial charge is 0.326 e. The van der Waals surface area contributed by atoms with Gasteiger partial charge in [-0.15, -0.1) is 12.4 Å². The Morgan fingerprint density at radius 1 is 1.15 bits per heavy atom. The average molecular weight is 402 g/mol. The summed E-state index contributed by atoms with van der Waals surface area (Å²) in [6.07, 6.45) is 2.68. The van der Waals surface area contributed by atoms with Crippen LogP contribution in [0.3, 0.4) is 0 Å². The number of carbonyl (C=O) groups is 2. The van der Waals surface area contributed by atoms with E-state index in [0.29, 0.717) is 36.6 Å². The Morgan fingerprint density at radius 3 is 2.19 bits per heavy atom. The summed E-state index contributed by atoms with van der Waals surface area (Å²) in [7, 11) is 4.57. The number of methoxy groups -OCH3 is 3. The number of hydrogen-bond acceptors (Lipinski definition) is 5. The van der Waals surface area contributed by atoms with E-state index in [4.69, 9.17) is 14.2 Å². The molecule has 0 saturated carbocycles.